The van der Waals surface area contributed by atoms with Gasteiger partial charge in [0.25, 0.3) is 0 Å². The van der Waals surface area contributed by atoms with Crippen molar-refractivity contribution in [2.75, 3.05) is 13.1 Å². The maximum absolute atomic E-state index is 13.4. The molecule has 0 bridgehead atoms. The van der Waals surface area contributed by atoms with Crippen LogP contribution in [0.2, 0.25) is 0 Å². The molecule has 1 aliphatic heterocycles. The van der Waals surface area contributed by atoms with E-state index >= 15 is 0 Å². The minimum Gasteiger partial charge on any atom is -0.489 e. The lowest BCUT2D eigenvalue weighted by Crippen LogP contribution is -2.54. The van der Waals surface area contributed by atoms with Crippen LogP contribution in [0.1, 0.15) is 71.4 Å². The molecule has 0 radical (unpaired) electrons. The van der Waals surface area contributed by atoms with E-state index in [9.17, 15) is 9.59 Å². The van der Waals surface area contributed by atoms with Crippen LogP contribution in [0.25, 0.3) is 0 Å². The van der Waals surface area contributed by atoms with E-state index in [2.05, 4.69) is 24.1 Å². The van der Waals surface area contributed by atoms with Crippen LogP contribution in [0.5, 0.6) is 5.75 Å². The van der Waals surface area contributed by atoms with Crippen molar-refractivity contribution in [1.29, 1.82) is 0 Å². The van der Waals surface area contributed by atoms with Crippen LogP contribution < -0.4 is 10.1 Å². The first kappa shape index (κ1) is 28.7. The van der Waals surface area contributed by atoms with Crippen molar-refractivity contribution in [3.63, 3.8) is 0 Å². The van der Waals surface area contributed by atoms with E-state index in [0.717, 1.165) is 55.6 Å². The second-order valence-corrected chi connectivity index (χ2v) is 11.4. The molecule has 2 aromatic carbocycles. The van der Waals surface area contributed by atoms with Gasteiger partial charge >= 0.3 is 5.97 Å². The topological polar surface area (TPSA) is 67.9 Å². The zero-order valence-electron chi connectivity index (χ0n) is 23.2. The van der Waals surface area contributed by atoms with Crippen molar-refractivity contribution in [1.82, 2.24) is 10.2 Å². The fraction of sp³-hybridized carbons (Fsp3) is 0.548. The molecule has 1 unspecified atom stereocenters. The van der Waals surface area contributed by atoms with Gasteiger partial charge in [-0.25, -0.2) is 4.79 Å². The molecular weight excluding hydrogens is 464 g/mol. The Hall–Kier alpha value is -2.86. The molecule has 6 heteroatoms. The summed E-state index contributed by atoms with van der Waals surface area (Å²) in [5, 5.41) is 3.05. The van der Waals surface area contributed by atoms with Crippen molar-refractivity contribution in [2.24, 2.45) is 5.92 Å². The first-order valence-corrected chi connectivity index (χ1v) is 13.6. The molecule has 1 heterocycles. The number of benzene rings is 2. The standard InChI is InChI=1S/C31H44N2O4/c1-23(2)18-20-33-19-10-9-13-28(33)29(34)32-27(30(35)37-31(3,4)5)21-24-14-16-26(17-15-24)36-22-25-11-7-6-8-12-25/h6-8,11-12,14-17,23,27-28H,9-10,13,18-22H2,1-5H3,(H,32,34)/t27-,28?/m0/s1. The summed E-state index contributed by atoms with van der Waals surface area (Å²) in [5.74, 6) is 0.852. The summed E-state index contributed by atoms with van der Waals surface area (Å²) in [6.07, 6.45) is 4.36. The van der Waals surface area contributed by atoms with Crippen LogP contribution in [0.4, 0.5) is 0 Å². The molecule has 0 aromatic heterocycles. The van der Waals surface area contributed by atoms with Crippen LogP contribution in [-0.2, 0) is 27.4 Å². The third kappa shape index (κ3) is 9.84. The zero-order valence-corrected chi connectivity index (χ0v) is 23.2. The highest BCUT2D eigenvalue weighted by Gasteiger charge is 2.33. The molecule has 2 aromatic rings. The Kier molecular flexibility index (Phi) is 10.6. The number of hydrogen-bond donors (Lipinski definition) is 1. The zero-order chi connectivity index (χ0) is 26.8. The molecule has 37 heavy (non-hydrogen) atoms. The van der Waals surface area contributed by atoms with Crippen LogP contribution in [0.15, 0.2) is 54.6 Å². The second kappa shape index (κ2) is 13.6. The maximum atomic E-state index is 13.4. The summed E-state index contributed by atoms with van der Waals surface area (Å²) in [5.41, 5.74) is 1.40. The van der Waals surface area contributed by atoms with E-state index in [-0.39, 0.29) is 11.9 Å². The highest BCUT2D eigenvalue weighted by molar-refractivity contribution is 5.88. The molecule has 3 rings (SSSR count). The quantitative estimate of drug-likeness (QED) is 0.404. The summed E-state index contributed by atoms with van der Waals surface area (Å²) >= 11 is 0. The Morgan fingerprint density at radius 2 is 1.70 bits per heavy atom. The fourth-order valence-corrected chi connectivity index (χ4v) is 4.51. The monoisotopic (exact) mass is 508 g/mol. The van der Waals surface area contributed by atoms with Gasteiger partial charge in [0.15, 0.2) is 0 Å². The summed E-state index contributed by atoms with van der Waals surface area (Å²) < 4.78 is 11.6. The van der Waals surface area contributed by atoms with Gasteiger partial charge in [-0.2, -0.15) is 0 Å². The van der Waals surface area contributed by atoms with Gasteiger partial charge in [-0.05, 0) is 82.3 Å². The van der Waals surface area contributed by atoms with E-state index < -0.39 is 17.6 Å². The predicted molar refractivity (Wildman–Crippen MR) is 147 cm³/mol. The van der Waals surface area contributed by atoms with Gasteiger partial charge in [0.2, 0.25) is 5.91 Å². The van der Waals surface area contributed by atoms with Gasteiger partial charge in [-0.15, -0.1) is 0 Å². The second-order valence-electron chi connectivity index (χ2n) is 11.4. The highest BCUT2D eigenvalue weighted by atomic mass is 16.6. The van der Waals surface area contributed by atoms with Gasteiger partial charge in [0.05, 0.1) is 6.04 Å². The lowest BCUT2D eigenvalue weighted by atomic mass is 9.98. The van der Waals surface area contributed by atoms with E-state index in [4.69, 9.17) is 9.47 Å². The molecule has 6 nitrogen and oxygen atoms in total. The molecule has 1 N–H and O–H groups in total. The van der Waals surface area contributed by atoms with Gasteiger partial charge in [0, 0.05) is 6.42 Å². The number of esters is 1. The van der Waals surface area contributed by atoms with Crippen LogP contribution in [0, 0.1) is 5.92 Å². The number of nitrogens with zero attached hydrogens (tertiary/aromatic N) is 1. The summed E-state index contributed by atoms with van der Waals surface area (Å²) in [7, 11) is 0. The number of piperidine rings is 1. The maximum Gasteiger partial charge on any atom is 0.329 e. The molecule has 0 saturated carbocycles. The molecule has 0 spiro atoms. The molecule has 2 atom stereocenters. The number of hydrogen-bond acceptors (Lipinski definition) is 5. The Morgan fingerprint density at radius 1 is 1.00 bits per heavy atom. The van der Waals surface area contributed by atoms with Gasteiger partial charge in [0.1, 0.15) is 24.0 Å². The largest absolute Gasteiger partial charge is 0.489 e. The molecule has 1 fully saturated rings. The smallest absolute Gasteiger partial charge is 0.329 e. The van der Waals surface area contributed by atoms with Gasteiger partial charge in [-0.3, -0.25) is 9.69 Å². The normalized spacial score (nSPS) is 17.3. The number of amides is 1. The Morgan fingerprint density at radius 3 is 2.35 bits per heavy atom. The van der Waals surface area contributed by atoms with Crippen molar-refractivity contribution in [3.8, 4) is 5.75 Å². The number of likely N-dealkylation sites (tertiary alicyclic amines) is 1. The summed E-state index contributed by atoms with van der Waals surface area (Å²) in [6.45, 7) is 12.3. The fourth-order valence-electron chi connectivity index (χ4n) is 4.51. The van der Waals surface area contributed by atoms with Gasteiger partial charge < -0.3 is 14.8 Å². The van der Waals surface area contributed by atoms with Crippen molar-refractivity contribution in [2.45, 2.75) is 91.0 Å². The number of carbonyl (C=O) groups is 2. The third-order valence-electron chi connectivity index (χ3n) is 6.53. The summed E-state index contributed by atoms with van der Waals surface area (Å²) in [6, 6.07) is 16.8. The van der Waals surface area contributed by atoms with Crippen molar-refractivity contribution in [3.05, 3.63) is 65.7 Å². The lowest BCUT2D eigenvalue weighted by molar-refractivity contribution is -0.159. The van der Waals surface area contributed by atoms with Crippen LogP contribution in [0.3, 0.4) is 0 Å². The SMILES string of the molecule is CC(C)CCN1CCCCC1C(=O)N[C@@H](Cc1ccc(OCc2ccccc2)cc1)C(=O)OC(C)(C)C. The lowest BCUT2D eigenvalue weighted by Gasteiger charge is -2.36. The molecule has 202 valence electrons. The third-order valence-corrected chi connectivity index (χ3v) is 6.53. The van der Waals surface area contributed by atoms with Gasteiger partial charge in [-0.1, -0.05) is 62.7 Å². The highest BCUT2D eigenvalue weighted by Crippen LogP contribution is 2.21. The number of carbonyl (C=O) groups excluding carboxylic acids is 2. The number of rotatable bonds is 11. The minimum atomic E-state index is -0.753. The Labute approximate surface area is 222 Å². The molecule has 1 aliphatic rings. The first-order chi connectivity index (χ1) is 17.6. The predicted octanol–water partition coefficient (Wildman–Crippen LogP) is 5.54. The number of ether oxygens (including phenoxy) is 2. The van der Waals surface area contributed by atoms with E-state index in [0.29, 0.717) is 18.9 Å². The van der Waals surface area contributed by atoms with Crippen molar-refractivity contribution >= 4 is 11.9 Å². The number of nitrogens with one attached hydrogen (secondary N) is 1. The van der Waals surface area contributed by atoms with Crippen LogP contribution in [-0.4, -0.2) is 47.6 Å². The Balaban J connectivity index is 1.67. The van der Waals surface area contributed by atoms with Crippen LogP contribution >= 0.6 is 0 Å². The summed E-state index contributed by atoms with van der Waals surface area (Å²) in [4.78, 5) is 28.8. The first-order valence-electron chi connectivity index (χ1n) is 13.6. The van der Waals surface area contributed by atoms with E-state index in [1.807, 2.05) is 75.4 Å². The molecular formula is C31H44N2O4. The van der Waals surface area contributed by atoms with Crippen molar-refractivity contribution < 1.29 is 19.1 Å². The van der Waals surface area contributed by atoms with E-state index in [1.54, 1.807) is 0 Å². The molecule has 1 amide bonds. The minimum absolute atomic E-state index is 0.0814. The average Bonchev–Trinajstić information content (AvgIpc) is 2.86. The average molecular weight is 509 g/mol. The molecule has 0 aliphatic carbocycles. The Bertz CT molecular complexity index is 983. The van der Waals surface area contributed by atoms with E-state index in [1.165, 1.54) is 0 Å². The molecule has 1 saturated heterocycles.